The van der Waals surface area contributed by atoms with Gasteiger partial charge in [-0.15, -0.1) is 0 Å². The number of carbonyl (C=O) groups is 2. The SMILES string of the molecule is CC(C)(C)OC(=O)N1[C@@H](C(=O)O)CC[C@H]1C1CCCCC1. The van der Waals surface area contributed by atoms with Crippen molar-refractivity contribution in [2.24, 2.45) is 5.92 Å². The molecule has 5 nitrogen and oxygen atoms in total. The van der Waals surface area contributed by atoms with E-state index in [0.717, 1.165) is 19.3 Å². The molecule has 1 N–H and O–H groups in total. The lowest BCUT2D eigenvalue weighted by atomic mass is 9.83. The van der Waals surface area contributed by atoms with Gasteiger partial charge in [0.05, 0.1) is 0 Å². The number of hydrogen-bond donors (Lipinski definition) is 1. The van der Waals surface area contributed by atoms with E-state index in [2.05, 4.69) is 0 Å². The minimum absolute atomic E-state index is 0.0289. The van der Waals surface area contributed by atoms with Gasteiger partial charge in [-0.05, 0) is 52.4 Å². The number of carbonyl (C=O) groups excluding carboxylic acids is 1. The van der Waals surface area contributed by atoms with E-state index in [-0.39, 0.29) is 6.04 Å². The van der Waals surface area contributed by atoms with Gasteiger partial charge in [-0.25, -0.2) is 9.59 Å². The van der Waals surface area contributed by atoms with E-state index < -0.39 is 23.7 Å². The van der Waals surface area contributed by atoms with Gasteiger partial charge in [-0.2, -0.15) is 0 Å². The number of amides is 1. The highest BCUT2D eigenvalue weighted by Gasteiger charge is 2.45. The van der Waals surface area contributed by atoms with E-state index >= 15 is 0 Å². The van der Waals surface area contributed by atoms with E-state index in [1.807, 2.05) is 20.8 Å². The normalized spacial score (nSPS) is 27.7. The van der Waals surface area contributed by atoms with Crippen LogP contribution in [-0.2, 0) is 9.53 Å². The van der Waals surface area contributed by atoms with Gasteiger partial charge in [0.2, 0.25) is 0 Å². The number of carboxylic acid groups (broad SMARTS) is 1. The first-order valence-electron chi connectivity index (χ1n) is 8.04. The Bertz CT molecular complexity index is 396. The molecular weight excluding hydrogens is 270 g/mol. The monoisotopic (exact) mass is 297 g/mol. The third kappa shape index (κ3) is 3.89. The molecule has 1 amide bonds. The van der Waals surface area contributed by atoms with Gasteiger partial charge in [-0.3, -0.25) is 4.90 Å². The Morgan fingerprint density at radius 2 is 1.67 bits per heavy atom. The molecule has 5 heteroatoms. The molecule has 0 bridgehead atoms. The van der Waals surface area contributed by atoms with E-state index in [1.165, 1.54) is 24.2 Å². The van der Waals surface area contributed by atoms with Crippen molar-refractivity contribution in [3.8, 4) is 0 Å². The summed E-state index contributed by atoms with van der Waals surface area (Å²) in [5, 5.41) is 9.40. The predicted octanol–water partition coefficient (Wildman–Crippen LogP) is 3.42. The average Bonchev–Trinajstić information content (AvgIpc) is 2.82. The second-order valence-corrected chi connectivity index (χ2v) is 7.28. The van der Waals surface area contributed by atoms with Crippen molar-refractivity contribution < 1.29 is 19.4 Å². The summed E-state index contributed by atoms with van der Waals surface area (Å²) < 4.78 is 5.45. The standard InChI is InChI=1S/C16H27NO4/c1-16(2,3)21-15(20)17-12(9-10-13(17)14(18)19)11-7-5-4-6-8-11/h11-13H,4-10H2,1-3H3,(H,18,19)/t12-,13+/m0/s1. The lowest BCUT2D eigenvalue weighted by Gasteiger charge is -2.36. The van der Waals surface area contributed by atoms with Gasteiger partial charge < -0.3 is 9.84 Å². The molecule has 2 rings (SSSR count). The highest BCUT2D eigenvalue weighted by atomic mass is 16.6. The second kappa shape index (κ2) is 6.24. The highest BCUT2D eigenvalue weighted by molar-refractivity contribution is 5.81. The highest BCUT2D eigenvalue weighted by Crippen LogP contribution is 2.37. The Labute approximate surface area is 126 Å². The summed E-state index contributed by atoms with van der Waals surface area (Å²) in [5.41, 5.74) is -0.597. The van der Waals surface area contributed by atoms with Crippen molar-refractivity contribution >= 4 is 12.1 Å². The van der Waals surface area contributed by atoms with Crippen LogP contribution in [0.15, 0.2) is 0 Å². The molecule has 0 aromatic heterocycles. The number of ether oxygens (including phenoxy) is 1. The Morgan fingerprint density at radius 3 is 2.19 bits per heavy atom. The summed E-state index contributed by atoms with van der Waals surface area (Å²) in [6, 6.07) is -0.701. The molecule has 0 unspecified atom stereocenters. The van der Waals surface area contributed by atoms with Crippen molar-refractivity contribution in [3.05, 3.63) is 0 Å². The second-order valence-electron chi connectivity index (χ2n) is 7.28. The van der Waals surface area contributed by atoms with Crippen molar-refractivity contribution in [2.45, 2.75) is 83.4 Å². The smallest absolute Gasteiger partial charge is 0.411 e. The maximum Gasteiger partial charge on any atom is 0.411 e. The summed E-state index contributed by atoms with van der Waals surface area (Å²) in [7, 11) is 0. The van der Waals surface area contributed by atoms with Gasteiger partial charge >= 0.3 is 12.1 Å². The van der Waals surface area contributed by atoms with Crippen LogP contribution >= 0.6 is 0 Å². The van der Waals surface area contributed by atoms with Gasteiger partial charge in [-0.1, -0.05) is 19.3 Å². The molecule has 0 aromatic rings. The molecule has 2 atom stereocenters. The van der Waals surface area contributed by atoms with E-state index in [0.29, 0.717) is 12.3 Å². The lowest BCUT2D eigenvalue weighted by Crippen LogP contribution is -2.49. The van der Waals surface area contributed by atoms with Crippen LogP contribution in [0.1, 0.15) is 65.7 Å². The van der Waals surface area contributed by atoms with Crippen molar-refractivity contribution in [1.29, 1.82) is 0 Å². The van der Waals surface area contributed by atoms with Gasteiger partial charge in [0, 0.05) is 6.04 Å². The molecule has 0 aromatic carbocycles. The first-order valence-corrected chi connectivity index (χ1v) is 8.04. The number of nitrogens with zero attached hydrogens (tertiary/aromatic N) is 1. The van der Waals surface area contributed by atoms with Crippen LogP contribution in [0.4, 0.5) is 4.79 Å². The quantitative estimate of drug-likeness (QED) is 0.848. The Morgan fingerprint density at radius 1 is 1.05 bits per heavy atom. The lowest BCUT2D eigenvalue weighted by molar-refractivity contribution is -0.142. The number of hydrogen-bond acceptors (Lipinski definition) is 3. The molecule has 120 valence electrons. The number of carboxylic acids is 1. The van der Waals surface area contributed by atoms with E-state index in [1.54, 1.807) is 0 Å². The van der Waals surface area contributed by atoms with E-state index in [9.17, 15) is 14.7 Å². The third-order valence-electron chi connectivity index (χ3n) is 4.51. The van der Waals surface area contributed by atoms with Crippen LogP contribution < -0.4 is 0 Å². The zero-order valence-corrected chi connectivity index (χ0v) is 13.3. The van der Waals surface area contributed by atoms with Crippen molar-refractivity contribution in [2.75, 3.05) is 0 Å². The zero-order valence-electron chi connectivity index (χ0n) is 13.3. The summed E-state index contributed by atoms with van der Waals surface area (Å²) in [6.45, 7) is 5.44. The molecule has 1 aliphatic heterocycles. The minimum atomic E-state index is -0.917. The fraction of sp³-hybridized carbons (Fsp3) is 0.875. The summed E-state index contributed by atoms with van der Waals surface area (Å²) in [5.74, 6) is -0.491. The van der Waals surface area contributed by atoms with Gasteiger partial charge in [0.1, 0.15) is 11.6 Å². The van der Waals surface area contributed by atoms with Gasteiger partial charge in [0.15, 0.2) is 0 Å². The summed E-state index contributed by atoms with van der Waals surface area (Å²) >= 11 is 0. The minimum Gasteiger partial charge on any atom is -0.480 e. The van der Waals surface area contributed by atoms with E-state index in [4.69, 9.17) is 4.74 Å². The molecule has 0 spiro atoms. The van der Waals surface area contributed by atoms with Crippen LogP contribution in [0, 0.1) is 5.92 Å². The van der Waals surface area contributed by atoms with Gasteiger partial charge in [0.25, 0.3) is 0 Å². The Kier molecular flexibility index (Phi) is 4.79. The van der Waals surface area contributed by atoms with Crippen LogP contribution in [0.3, 0.4) is 0 Å². The fourth-order valence-electron chi connectivity index (χ4n) is 3.64. The number of aliphatic carboxylic acids is 1. The number of likely N-dealkylation sites (tertiary alicyclic amines) is 1. The molecule has 0 radical (unpaired) electrons. The van der Waals surface area contributed by atoms with Crippen LogP contribution in [0.25, 0.3) is 0 Å². The Hall–Kier alpha value is -1.26. The molecular formula is C16H27NO4. The maximum absolute atomic E-state index is 12.5. The molecule has 2 aliphatic rings. The summed E-state index contributed by atoms with van der Waals surface area (Å²) in [6.07, 6.45) is 6.64. The third-order valence-corrected chi connectivity index (χ3v) is 4.51. The molecule has 21 heavy (non-hydrogen) atoms. The molecule has 1 saturated carbocycles. The largest absolute Gasteiger partial charge is 0.480 e. The first kappa shape index (κ1) is 16.1. The van der Waals surface area contributed by atoms with Crippen LogP contribution in [-0.4, -0.2) is 39.8 Å². The van der Waals surface area contributed by atoms with Crippen molar-refractivity contribution in [1.82, 2.24) is 4.90 Å². The van der Waals surface area contributed by atoms with Crippen molar-refractivity contribution in [3.63, 3.8) is 0 Å². The zero-order chi connectivity index (χ0) is 15.6. The van der Waals surface area contributed by atoms with Crippen LogP contribution in [0.2, 0.25) is 0 Å². The topological polar surface area (TPSA) is 66.8 Å². The average molecular weight is 297 g/mol. The number of rotatable bonds is 2. The molecule has 1 heterocycles. The Balaban J connectivity index is 2.15. The van der Waals surface area contributed by atoms with Crippen LogP contribution in [0.5, 0.6) is 0 Å². The molecule has 1 aliphatic carbocycles. The predicted molar refractivity (Wildman–Crippen MR) is 79.1 cm³/mol. The maximum atomic E-state index is 12.5. The molecule has 2 fully saturated rings. The molecule has 1 saturated heterocycles. The summed E-state index contributed by atoms with van der Waals surface area (Å²) in [4.78, 5) is 25.4. The fourth-order valence-corrected chi connectivity index (χ4v) is 3.64. The first-order chi connectivity index (χ1) is 9.79.